The van der Waals surface area contributed by atoms with Crippen LogP contribution in [0.5, 0.6) is 0 Å². The molecule has 0 saturated heterocycles. The molecule has 11 heteroatoms. The first kappa shape index (κ1) is 20.6. The Labute approximate surface area is 191 Å². The lowest BCUT2D eigenvalue weighted by molar-refractivity contribution is -0.129. The number of halogens is 1. The number of anilines is 1. The quantitative estimate of drug-likeness (QED) is 0.444. The van der Waals surface area contributed by atoms with Gasteiger partial charge in [-0.05, 0) is 47.3 Å². The molecule has 1 fully saturated rings. The molecule has 0 bridgehead atoms. The highest BCUT2D eigenvalue weighted by atomic mass is 79.9. The first-order valence-electron chi connectivity index (χ1n) is 10.3. The molecular formula is C21H21BrN8O2. The predicted molar refractivity (Wildman–Crippen MR) is 123 cm³/mol. The zero-order valence-electron chi connectivity index (χ0n) is 17.5. The molecule has 1 saturated carbocycles. The second-order valence-corrected chi connectivity index (χ2v) is 9.01. The zero-order chi connectivity index (χ0) is 22.5. The average Bonchev–Trinajstić information content (AvgIpc) is 3.33. The van der Waals surface area contributed by atoms with Gasteiger partial charge in [0, 0.05) is 43.2 Å². The molecule has 4 aromatic heterocycles. The van der Waals surface area contributed by atoms with Crippen molar-refractivity contribution >= 4 is 44.5 Å². The molecule has 4 heterocycles. The van der Waals surface area contributed by atoms with Crippen molar-refractivity contribution in [2.24, 2.45) is 5.41 Å². The summed E-state index contributed by atoms with van der Waals surface area (Å²) in [6.45, 7) is 1.99. The summed E-state index contributed by atoms with van der Waals surface area (Å²) < 4.78 is 3.73. The molecule has 32 heavy (non-hydrogen) atoms. The standard InChI is InChI=1S/C21H21BrN8O2/c1-21(19(32)23-2)7-5-12(9-21)26-20-25-10-14-17(22)28-30(18(14)27-20)13-3-4-15-24-8-6-16(31)29(15)11-13/h3-4,6,8,10-12H,5,7,9H2,1-2H3,(H,23,32)(H,25,26,27)/t12-,21-/m1/s1. The van der Waals surface area contributed by atoms with Crippen LogP contribution in [0.2, 0.25) is 0 Å². The van der Waals surface area contributed by atoms with Crippen molar-refractivity contribution in [2.75, 3.05) is 12.4 Å². The van der Waals surface area contributed by atoms with E-state index in [9.17, 15) is 9.59 Å². The maximum absolute atomic E-state index is 12.2. The van der Waals surface area contributed by atoms with E-state index in [0.29, 0.717) is 34.0 Å². The van der Waals surface area contributed by atoms with Gasteiger partial charge in [-0.15, -0.1) is 0 Å². The second-order valence-electron chi connectivity index (χ2n) is 8.26. The molecule has 10 nitrogen and oxygen atoms in total. The Morgan fingerprint density at radius 1 is 1.28 bits per heavy atom. The molecule has 0 aliphatic heterocycles. The Kier molecular flexibility index (Phi) is 4.92. The number of aromatic nitrogens is 6. The maximum Gasteiger partial charge on any atom is 0.257 e. The van der Waals surface area contributed by atoms with Crippen LogP contribution in [-0.4, -0.2) is 48.1 Å². The number of amides is 1. The Balaban J connectivity index is 1.50. The predicted octanol–water partition coefficient (Wildman–Crippen LogP) is 2.30. The van der Waals surface area contributed by atoms with Crippen LogP contribution in [0.1, 0.15) is 26.2 Å². The smallest absolute Gasteiger partial charge is 0.257 e. The van der Waals surface area contributed by atoms with Crippen molar-refractivity contribution in [2.45, 2.75) is 32.2 Å². The molecule has 0 radical (unpaired) electrons. The van der Waals surface area contributed by atoms with E-state index >= 15 is 0 Å². The summed E-state index contributed by atoms with van der Waals surface area (Å²) in [7, 11) is 1.67. The van der Waals surface area contributed by atoms with Gasteiger partial charge in [0.05, 0.1) is 11.1 Å². The Hall–Kier alpha value is -3.34. The number of hydrogen-bond acceptors (Lipinski definition) is 7. The van der Waals surface area contributed by atoms with Gasteiger partial charge in [-0.2, -0.15) is 10.1 Å². The van der Waals surface area contributed by atoms with Crippen molar-refractivity contribution in [1.29, 1.82) is 0 Å². The fraction of sp³-hybridized carbons (Fsp3) is 0.333. The molecule has 1 aliphatic rings. The summed E-state index contributed by atoms with van der Waals surface area (Å²) in [6, 6.07) is 5.10. The van der Waals surface area contributed by atoms with Gasteiger partial charge in [-0.25, -0.2) is 14.6 Å². The van der Waals surface area contributed by atoms with Crippen LogP contribution in [0.25, 0.3) is 22.4 Å². The normalized spacial score (nSPS) is 20.7. The first-order chi connectivity index (χ1) is 15.4. The van der Waals surface area contributed by atoms with E-state index in [1.807, 2.05) is 13.0 Å². The van der Waals surface area contributed by atoms with Crippen LogP contribution in [0.3, 0.4) is 0 Å². The van der Waals surface area contributed by atoms with Gasteiger partial charge in [0.15, 0.2) is 5.65 Å². The average molecular weight is 497 g/mol. The maximum atomic E-state index is 12.2. The molecule has 0 spiro atoms. The van der Waals surface area contributed by atoms with Gasteiger partial charge >= 0.3 is 0 Å². The third-order valence-electron chi connectivity index (χ3n) is 6.05. The molecule has 2 N–H and O–H groups in total. The molecule has 0 unspecified atom stereocenters. The fourth-order valence-corrected chi connectivity index (χ4v) is 4.76. The monoisotopic (exact) mass is 496 g/mol. The number of pyridine rings is 1. The van der Waals surface area contributed by atoms with Crippen LogP contribution >= 0.6 is 15.9 Å². The number of fused-ring (bicyclic) bond motifs is 2. The number of carbonyl (C=O) groups is 1. The minimum Gasteiger partial charge on any atom is -0.359 e. The van der Waals surface area contributed by atoms with Gasteiger partial charge in [0.2, 0.25) is 11.9 Å². The van der Waals surface area contributed by atoms with Crippen molar-refractivity contribution in [3.05, 3.63) is 51.7 Å². The summed E-state index contributed by atoms with van der Waals surface area (Å²) in [6.07, 6.45) is 7.24. The Morgan fingerprint density at radius 2 is 2.12 bits per heavy atom. The highest BCUT2D eigenvalue weighted by Crippen LogP contribution is 2.39. The van der Waals surface area contributed by atoms with Crippen LogP contribution < -0.4 is 16.2 Å². The van der Waals surface area contributed by atoms with Crippen LogP contribution in [0.15, 0.2) is 46.2 Å². The number of rotatable bonds is 4. The summed E-state index contributed by atoms with van der Waals surface area (Å²) in [5.41, 5.74) is 1.24. The van der Waals surface area contributed by atoms with E-state index in [-0.39, 0.29) is 17.5 Å². The van der Waals surface area contributed by atoms with E-state index < -0.39 is 5.41 Å². The summed E-state index contributed by atoms with van der Waals surface area (Å²) in [5.74, 6) is 0.526. The van der Waals surface area contributed by atoms with Gasteiger partial charge in [0.25, 0.3) is 5.56 Å². The Bertz CT molecular complexity index is 1410. The summed E-state index contributed by atoms with van der Waals surface area (Å²) in [5, 5.41) is 11.4. The SMILES string of the molecule is CNC(=O)[C@]1(C)CC[C@@H](Nc2ncc3c(Br)nn(-c4ccc5nccc(=O)n5c4)c3n2)C1. The third kappa shape index (κ3) is 3.42. The topological polar surface area (TPSA) is 119 Å². The lowest BCUT2D eigenvalue weighted by Gasteiger charge is -2.22. The zero-order valence-corrected chi connectivity index (χ0v) is 19.1. The summed E-state index contributed by atoms with van der Waals surface area (Å²) >= 11 is 3.47. The molecule has 1 aliphatic carbocycles. The van der Waals surface area contributed by atoms with Gasteiger partial charge < -0.3 is 10.6 Å². The van der Waals surface area contributed by atoms with Crippen molar-refractivity contribution in [3.8, 4) is 5.69 Å². The van der Waals surface area contributed by atoms with Crippen molar-refractivity contribution in [3.63, 3.8) is 0 Å². The number of carbonyl (C=O) groups excluding carboxylic acids is 1. The van der Waals surface area contributed by atoms with E-state index in [1.54, 1.807) is 30.2 Å². The minimum absolute atomic E-state index is 0.0567. The van der Waals surface area contributed by atoms with Crippen LogP contribution in [-0.2, 0) is 4.79 Å². The molecular weight excluding hydrogens is 476 g/mol. The number of nitrogens with one attached hydrogen (secondary N) is 2. The number of nitrogens with zero attached hydrogens (tertiary/aromatic N) is 6. The van der Waals surface area contributed by atoms with E-state index in [1.165, 1.54) is 16.7 Å². The highest BCUT2D eigenvalue weighted by molar-refractivity contribution is 9.10. The largest absolute Gasteiger partial charge is 0.359 e. The second kappa shape index (κ2) is 7.66. The lowest BCUT2D eigenvalue weighted by Crippen LogP contribution is -2.35. The summed E-state index contributed by atoms with van der Waals surface area (Å²) in [4.78, 5) is 37.8. The fourth-order valence-electron chi connectivity index (χ4n) is 4.32. The van der Waals surface area contributed by atoms with Crippen molar-refractivity contribution < 1.29 is 4.79 Å². The number of hydrogen-bond donors (Lipinski definition) is 2. The third-order valence-corrected chi connectivity index (χ3v) is 6.63. The molecule has 2 atom stereocenters. The Morgan fingerprint density at radius 3 is 2.94 bits per heavy atom. The minimum atomic E-state index is -0.395. The van der Waals surface area contributed by atoms with E-state index in [2.05, 4.69) is 41.6 Å². The highest BCUT2D eigenvalue weighted by Gasteiger charge is 2.40. The molecule has 164 valence electrons. The lowest BCUT2D eigenvalue weighted by atomic mass is 9.87. The van der Waals surface area contributed by atoms with Gasteiger partial charge in [-0.3, -0.25) is 14.0 Å². The van der Waals surface area contributed by atoms with Crippen LogP contribution in [0.4, 0.5) is 5.95 Å². The van der Waals surface area contributed by atoms with Gasteiger partial charge in [0.1, 0.15) is 10.3 Å². The van der Waals surface area contributed by atoms with E-state index in [4.69, 9.17) is 4.98 Å². The van der Waals surface area contributed by atoms with Gasteiger partial charge in [-0.1, -0.05) is 6.92 Å². The first-order valence-corrected chi connectivity index (χ1v) is 11.0. The molecule has 0 aromatic carbocycles. The molecule has 1 amide bonds. The molecule has 5 rings (SSSR count). The van der Waals surface area contributed by atoms with Crippen LogP contribution in [0, 0.1) is 5.41 Å². The van der Waals surface area contributed by atoms with Crippen molar-refractivity contribution in [1.82, 2.24) is 34.4 Å². The van der Waals surface area contributed by atoms with E-state index in [0.717, 1.165) is 18.2 Å². The molecule has 4 aromatic rings.